The molecule has 11 heavy (non-hydrogen) atoms. The first-order valence-corrected chi connectivity index (χ1v) is 4.16. The molecular formula is C6H4ClFINO. The second-order valence-corrected chi connectivity index (χ2v) is 3.13. The number of pyridine rings is 1. The van der Waals surface area contributed by atoms with Crippen LogP contribution in [0.2, 0.25) is 5.15 Å². The van der Waals surface area contributed by atoms with Gasteiger partial charge in [-0.25, -0.2) is 9.37 Å². The third-order valence-corrected chi connectivity index (χ3v) is 2.11. The Morgan fingerprint density at radius 2 is 2.36 bits per heavy atom. The number of rotatable bonds is 1. The van der Waals surface area contributed by atoms with Crippen LogP contribution in [0.4, 0.5) is 4.39 Å². The summed E-state index contributed by atoms with van der Waals surface area (Å²) in [5.74, 6) is -0.170. The first-order valence-electron chi connectivity index (χ1n) is 2.70. The molecule has 0 unspecified atom stereocenters. The summed E-state index contributed by atoms with van der Waals surface area (Å²) in [6.45, 7) is 0. The van der Waals surface area contributed by atoms with Gasteiger partial charge in [-0.1, -0.05) is 11.6 Å². The second-order valence-electron chi connectivity index (χ2n) is 1.75. The van der Waals surface area contributed by atoms with Crippen molar-refractivity contribution in [2.24, 2.45) is 0 Å². The van der Waals surface area contributed by atoms with Gasteiger partial charge in [-0.15, -0.1) is 0 Å². The van der Waals surface area contributed by atoms with Gasteiger partial charge >= 0.3 is 0 Å². The van der Waals surface area contributed by atoms with Gasteiger partial charge in [0.25, 0.3) is 0 Å². The molecule has 0 aliphatic rings. The van der Waals surface area contributed by atoms with E-state index >= 15 is 0 Å². The molecule has 1 aromatic heterocycles. The zero-order valence-corrected chi connectivity index (χ0v) is 8.48. The lowest BCUT2D eigenvalue weighted by Gasteiger charge is -2.02. The minimum Gasteiger partial charge on any atom is -0.494 e. The SMILES string of the molecule is COc1cc(F)c(Cl)nc1I. The molecule has 0 bridgehead atoms. The van der Waals surface area contributed by atoms with Gasteiger partial charge in [-0.3, -0.25) is 0 Å². The highest BCUT2D eigenvalue weighted by Gasteiger charge is 2.07. The van der Waals surface area contributed by atoms with Crippen LogP contribution in [-0.4, -0.2) is 12.1 Å². The Hall–Kier alpha value is -0.100. The molecule has 0 amide bonds. The third kappa shape index (κ3) is 1.93. The summed E-state index contributed by atoms with van der Waals surface area (Å²) < 4.78 is 18.0. The average Bonchev–Trinajstić information content (AvgIpc) is 1.97. The molecule has 60 valence electrons. The van der Waals surface area contributed by atoms with Crippen molar-refractivity contribution in [1.29, 1.82) is 0 Å². The van der Waals surface area contributed by atoms with E-state index in [4.69, 9.17) is 16.3 Å². The average molecular weight is 287 g/mol. The Morgan fingerprint density at radius 3 is 2.91 bits per heavy atom. The predicted octanol–water partition coefficient (Wildman–Crippen LogP) is 2.49. The van der Waals surface area contributed by atoms with Crippen LogP contribution >= 0.6 is 34.2 Å². The molecule has 0 aliphatic heterocycles. The normalized spacial score (nSPS) is 9.82. The number of hydrogen-bond acceptors (Lipinski definition) is 2. The molecular weight excluding hydrogens is 283 g/mol. The van der Waals surface area contributed by atoms with Crippen LogP contribution in [0.5, 0.6) is 5.75 Å². The molecule has 1 rings (SSSR count). The summed E-state index contributed by atoms with van der Waals surface area (Å²) in [6.07, 6.45) is 0. The van der Waals surface area contributed by atoms with E-state index in [0.29, 0.717) is 9.45 Å². The highest BCUT2D eigenvalue weighted by atomic mass is 127. The highest BCUT2D eigenvalue weighted by molar-refractivity contribution is 14.1. The lowest BCUT2D eigenvalue weighted by Crippen LogP contribution is -1.92. The maximum absolute atomic E-state index is 12.7. The number of methoxy groups -OCH3 is 1. The Kier molecular flexibility index (Phi) is 2.89. The molecule has 0 atom stereocenters. The van der Waals surface area contributed by atoms with Gasteiger partial charge in [0, 0.05) is 6.07 Å². The summed E-state index contributed by atoms with van der Waals surface area (Å²) >= 11 is 7.31. The topological polar surface area (TPSA) is 22.1 Å². The van der Waals surface area contributed by atoms with Crippen LogP contribution in [0, 0.1) is 9.52 Å². The molecule has 0 radical (unpaired) electrons. The van der Waals surface area contributed by atoms with E-state index < -0.39 is 5.82 Å². The Labute approximate surface area is 81.9 Å². The van der Waals surface area contributed by atoms with Crippen molar-refractivity contribution in [2.45, 2.75) is 0 Å². The monoisotopic (exact) mass is 287 g/mol. The molecule has 0 aliphatic carbocycles. The van der Waals surface area contributed by atoms with Gasteiger partial charge < -0.3 is 4.74 Å². The van der Waals surface area contributed by atoms with Crippen LogP contribution in [-0.2, 0) is 0 Å². The Morgan fingerprint density at radius 1 is 1.73 bits per heavy atom. The molecule has 2 nitrogen and oxygen atoms in total. The van der Waals surface area contributed by atoms with E-state index in [2.05, 4.69) is 4.98 Å². The lowest BCUT2D eigenvalue weighted by atomic mass is 10.4. The molecule has 0 saturated heterocycles. The lowest BCUT2D eigenvalue weighted by molar-refractivity contribution is 0.405. The first kappa shape index (κ1) is 8.99. The van der Waals surface area contributed by atoms with Gasteiger partial charge in [0.05, 0.1) is 7.11 Å². The molecule has 1 heterocycles. The van der Waals surface area contributed by atoms with E-state index in [1.54, 1.807) is 0 Å². The van der Waals surface area contributed by atoms with Crippen molar-refractivity contribution in [3.8, 4) is 5.75 Å². The van der Waals surface area contributed by atoms with E-state index in [9.17, 15) is 4.39 Å². The predicted molar refractivity (Wildman–Crippen MR) is 48.5 cm³/mol. The molecule has 1 aromatic rings. The summed E-state index contributed by atoms with van der Waals surface area (Å²) in [7, 11) is 1.45. The number of halogens is 3. The van der Waals surface area contributed by atoms with Gasteiger partial charge in [-0.2, -0.15) is 0 Å². The molecule has 0 N–H and O–H groups in total. The fourth-order valence-corrected chi connectivity index (χ4v) is 1.47. The summed E-state index contributed by atoms with van der Waals surface area (Å²) in [4.78, 5) is 3.70. The van der Waals surface area contributed by atoms with Gasteiger partial charge in [0.15, 0.2) is 16.7 Å². The molecule has 0 fully saturated rings. The van der Waals surface area contributed by atoms with Crippen LogP contribution < -0.4 is 4.74 Å². The van der Waals surface area contributed by atoms with Crippen molar-refractivity contribution < 1.29 is 9.13 Å². The minimum atomic E-state index is -0.566. The largest absolute Gasteiger partial charge is 0.494 e. The van der Waals surface area contributed by atoms with Crippen molar-refractivity contribution in [1.82, 2.24) is 4.98 Å². The van der Waals surface area contributed by atoms with Crippen molar-refractivity contribution in [3.05, 3.63) is 20.7 Å². The van der Waals surface area contributed by atoms with Gasteiger partial charge in [-0.05, 0) is 22.6 Å². The van der Waals surface area contributed by atoms with Crippen LogP contribution in [0.15, 0.2) is 6.07 Å². The molecule has 0 spiro atoms. The number of aromatic nitrogens is 1. The molecule has 0 aromatic carbocycles. The van der Waals surface area contributed by atoms with Crippen molar-refractivity contribution in [3.63, 3.8) is 0 Å². The zero-order chi connectivity index (χ0) is 8.43. The summed E-state index contributed by atoms with van der Waals surface area (Å²) in [6, 6.07) is 1.21. The van der Waals surface area contributed by atoms with Crippen molar-refractivity contribution >= 4 is 34.2 Å². The zero-order valence-electron chi connectivity index (χ0n) is 5.57. The van der Waals surface area contributed by atoms with Gasteiger partial charge in [0.2, 0.25) is 0 Å². The number of hydrogen-bond donors (Lipinski definition) is 0. The van der Waals surface area contributed by atoms with Crippen LogP contribution in [0.3, 0.4) is 0 Å². The molecule has 5 heteroatoms. The van der Waals surface area contributed by atoms with E-state index in [-0.39, 0.29) is 5.15 Å². The smallest absolute Gasteiger partial charge is 0.166 e. The summed E-state index contributed by atoms with van der Waals surface area (Å²) in [5, 5.41) is -0.129. The second kappa shape index (κ2) is 3.53. The van der Waals surface area contributed by atoms with Crippen LogP contribution in [0.25, 0.3) is 0 Å². The van der Waals surface area contributed by atoms with E-state index in [1.165, 1.54) is 13.2 Å². The first-order chi connectivity index (χ1) is 5.15. The molecule has 0 saturated carbocycles. The van der Waals surface area contributed by atoms with Crippen molar-refractivity contribution in [2.75, 3.05) is 7.11 Å². The number of ether oxygens (including phenoxy) is 1. The fourth-order valence-electron chi connectivity index (χ4n) is 0.572. The maximum atomic E-state index is 12.7. The Balaban J connectivity index is 3.21. The van der Waals surface area contributed by atoms with E-state index in [1.807, 2.05) is 22.6 Å². The minimum absolute atomic E-state index is 0.129. The standard InChI is InChI=1S/C6H4ClFINO/c1-11-4-2-3(8)5(7)10-6(4)9/h2H,1H3. The Bertz CT molecular complexity index is 282. The fraction of sp³-hybridized carbons (Fsp3) is 0.167. The van der Waals surface area contributed by atoms with E-state index in [0.717, 1.165) is 0 Å². The van der Waals surface area contributed by atoms with Gasteiger partial charge in [0.1, 0.15) is 3.70 Å². The quantitative estimate of drug-likeness (QED) is 0.585. The highest BCUT2D eigenvalue weighted by Crippen LogP contribution is 2.23. The van der Waals surface area contributed by atoms with Crippen LogP contribution in [0.1, 0.15) is 0 Å². The number of nitrogens with zero attached hydrogens (tertiary/aromatic N) is 1. The summed E-state index contributed by atoms with van der Waals surface area (Å²) in [5.41, 5.74) is 0. The maximum Gasteiger partial charge on any atom is 0.166 e. The third-order valence-electron chi connectivity index (χ3n) is 1.07.